The van der Waals surface area contributed by atoms with Gasteiger partial charge in [-0.15, -0.1) is 0 Å². The van der Waals surface area contributed by atoms with E-state index in [2.05, 4.69) is 25.4 Å². The first-order chi connectivity index (χ1) is 9.84. The van der Waals surface area contributed by atoms with Crippen molar-refractivity contribution >= 4 is 17.3 Å². The fourth-order valence-corrected chi connectivity index (χ4v) is 2.08. The van der Waals surface area contributed by atoms with E-state index in [-0.39, 0.29) is 0 Å². The molecule has 0 radical (unpaired) electrons. The van der Waals surface area contributed by atoms with Crippen molar-refractivity contribution in [3.63, 3.8) is 0 Å². The zero-order valence-corrected chi connectivity index (χ0v) is 11.2. The smallest absolute Gasteiger partial charge is 0.138 e. The highest BCUT2D eigenvalue weighted by Gasteiger charge is 2.09. The third kappa shape index (κ3) is 2.60. The summed E-state index contributed by atoms with van der Waals surface area (Å²) < 4.78 is 1.63. The highest BCUT2D eigenvalue weighted by atomic mass is 35.5. The van der Waals surface area contributed by atoms with Gasteiger partial charge in [0.05, 0.1) is 29.1 Å². The Balaban J connectivity index is 1.88. The summed E-state index contributed by atoms with van der Waals surface area (Å²) in [6.45, 7) is 0.551. The Labute approximate surface area is 120 Å². The molecule has 3 aromatic rings. The summed E-state index contributed by atoms with van der Waals surface area (Å²) in [6.07, 6.45) is 8.09. The second kappa shape index (κ2) is 5.66. The summed E-state index contributed by atoms with van der Waals surface area (Å²) in [6, 6.07) is 5.62. The number of benzene rings is 1. The van der Waals surface area contributed by atoms with E-state index in [1.54, 1.807) is 29.6 Å². The molecule has 0 spiro atoms. The highest BCUT2D eigenvalue weighted by Crippen LogP contribution is 2.27. The van der Waals surface area contributed by atoms with Gasteiger partial charge in [0, 0.05) is 12.4 Å². The van der Waals surface area contributed by atoms with Crippen molar-refractivity contribution < 1.29 is 0 Å². The third-order valence-electron chi connectivity index (χ3n) is 2.71. The van der Waals surface area contributed by atoms with E-state index in [1.807, 2.05) is 18.2 Å². The quantitative estimate of drug-likeness (QED) is 0.797. The maximum atomic E-state index is 6.25. The first-order valence-corrected chi connectivity index (χ1v) is 6.34. The maximum absolute atomic E-state index is 6.25. The number of para-hydroxylation sites is 1. The van der Waals surface area contributed by atoms with Gasteiger partial charge in [0.2, 0.25) is 0 Å². The largest absolute Gasteiger partial charge is 0.378 e. The molecule has 7 heteroatoms. The Hall–Kier alpha value is -2.47. The predicted octanol–water partition coefficient (Wildman–Crippen LogP) is 2.32. The molecule has 6 nitrogen and oxygen atoms in total. The molecule has 0 atom stereocenters. The van der Waals surface area contributed by atoms with E-state index in [1.165, 1.54) is 6.33 Å². The van der Waals surface area contributed by atoms with E-state index in [0.29, 0.717) is 11.6 Å². The number of nitrogens with one attached hydrogen (secondary N) is 1. The van der Waals surface area contributed by atoms with Gasteiger partial charge in [-0.2, -0.15) is 5.10 Å². The van der Waals surface area contributed by atoms with Crippen LogP contribution in [-0.4, -0.2) is 24.7 Å². The molecule has 20 heavy (non-hydrogen) atoms. The summed E-state index contributed by atoms with van der Waals surface area (Å²) in [7, 11) is 0. The normalized spacial score (nSPS) is 10.4. The molecule has 1 N–H and O–H groups in total. The molecule has 0 aliphatic rings. The molecule has 1 aromatic carbocycles. The average Bonchev–Trinajstić information content (AvgIpc) is 3.00. The van der Waals surface area contributed by atoms with Crippen molar-refractivity contribution in [2.75, 3.05) is 5.32 Å². The van der Waals surface area contributed by atoms with Gasteiger partial charge < -0.3 is 5.32 Å². The van der Waals surface area contributed by atoms with E-state index < -0.39 is 0 Å². The summed E-state index contributed by atoms with van der Waals surface area (Å²) in [5.74, 6) is 0. The van der Waals surface area contributed by atoms with Crippen LogP contribution in [0.5, 0.6) is 0 Å². The number of hydrogen-bond donors (Lipinski definition) is 1. The van der Waals surface area contributed by atoms with Crippen LogP contribution in [0.4, 0.5) is 5.69 Å². The van der Waals surface area contributed by atoms with Gasteiger partial charge in [0.1, 0.15) is 18.3 Å². The van der Waals surface area contributed by atoms with Gasteiger partial charge in [0.25, 0.3) is 0 Å². The monoisotopic (exact) mass is 286 g/mol. The Morgan fingerprint density at radius 1 is 1.20 bits per heavy atom. The van der Waals surface area contributed by atoms with E-state index in [9.17, 15) is 0 Å². The van der Waals surface area contributed by atoms with Crippen molar-refractivity contribution in [2.24, 2.45) is 0 Å². The summed E-state index contributed by atoms with van der Waals surface area (Å²) in [4.78, 5) is 12.2. The number of rotatable bonds is 4. The minimum Gasteiger partial charge on any atom is -0.378 e. The number of anilines is 1. The minimum atomic E-state index is 0.551. The van der Waals surface area contributed by atoms with Crippen molar-refractivity contribution in [2.45, 2.75) is 6.54 Å². The van der Waals surface area contributed by atoms with Crippen LogP contribution < -0.4 is 5.32 Å². The lowest BCUT2D eigenvalue weighted by Crippen LogP contribution is -2.06. The van der Waals surface area contributed by atoms with Crippen LogP contribution in [0.2, 0.25) is 5.02 Å². The lowest BCUT2D eigenvalue weighted by molar-refractivity contribution is 0.876. The van der Waals surface area contributed by atoms with Crippen LogP contribution >= 0.6 is 11.6 Å². The van der Waals surface area contributed by atoms with Gasteiger partial charge in [-0.1, -0.05) is 17.7 Å². The zero-order chi connectivity index (χ0) is 13.8. The number of hydrogen-bond acceptors (Lipinski definition) is 5. The van der Waals surface area contributed by atoms with Gasteiger partial charge >= 0.3 is 0 Å². The summed E-state index contributed by atoms with van der Waals surface area (Å²) >= 11 is 6.25. The minimum absolute atomic E-state index is 0.551. The summed E-state index contributed by atoms with van der Waals surface area (Å²) in [5.41, 5.74) is 2.46. The molecule has 0 fully saturated rings. The molecule has 2 aromatic heterocycles. The maximum Gasteiger partial charge on any atom is 0.138 e. The fraction of sp³-hybridized carbons (Fsp3) is 0.0769. The molecule has 100 valence electrons. The second-order valence-corrected chi connectivity index (χ2v) is 4.43. The first-order valence-electron chi connectivity index (χ1n) is 5.97. The second-order valence-electron chi connectivity index (χ2n) is 4.03. The Morgan fingerprint density at radius 2 is 2.15 bits per heavy atom. The molecule has 0 unspecified atom stereocenters. The number of aromatic nitrogens is 5. The van der Waals surface area contributed by atoms with Crippen molar-refractivity contribution in [3.05, 3.63) is 60.2 Å². The molecule has 0 saturated heterocycles. The van der Waals surface area contributed by atoms with Gasteiger partial charge in [-0.05, 0) is 12.1 Å². The van der Waals surface area contributed by atoms with Crippen molar-refractivity contribution in [1.29, 1.82) is 0 Å². The fourth-order valence-electron chi connectivity index (χ4n) is 1.82. The molecular weight excluding hydrogens is 276 g/mol. The number of halogens is 1. The van der Waals surface area contributed by atoms with E-state index in [4.69, 9.17) is 11.6 Å². The molecule has 0 bridgehead atoms. The summed E-state index contributed by atoms with van der Waals surface area (Å²) in [5, 5.41) is 8.00. The average molecular weight is 287 g/mol. The standard InChI is InChI=1S/C13H11ClN6/c14-11-2-1-3-12(13(11)20-9-16-8-19-20)18-7-10-6-15-4-5-17-10/h1-6,8-9,18H,7H2. The van der Waals surface area contributed by atoms with Gasteiger partial charge in [0.15, 0.2) is 0 Å². The SMILES string of the molecule is Clc1cccc(NCc2cnccn2)c1-n1cncn1. The number of nitrogens with zero attached hydrogens (tertiary/aromatic N) is 5. The van der Waals surface area contributed by atoms with E-state index >= 15 is 0 Å². The molecule has 0 saturated carbocycles. The molecule has 0 aliphatic heterocycles. The Bertz CT molecular complexity index is 683. The van der Waals surface area contributed by atoms with Crippen LogP contribution in [0, 0.1) is 0 Å². The van der Waals surface area contributed by atoms with Crippen molar-refractivity contribution in [3.8, 4) is 5.69 Å². The first kappa shape index (κ1) is 12.6. The molecule has 3 rings (SSSR count). The molecular formula is C13H11ClN6. The Morgan fingerprint density at radius 3 is 2.90 bits per heavy atom. The highest BCUT2D eigenvalue weighted by molar-refractivity contribution is 6.33. The van der Waals surface area contributed by atoms with E-state index in [0.717, 1.165) is 17.1 Å². The van der Waals surface area contributed by atoms with Crippen molar-refractivity contribution in [1.82, 2.24) is 24.7 Å². The molecule has 0 aliphatic carbocycles. The van der Waals surface area contributed by atoms with Crippen LogP contribution in [0.1, 0.15) is 5.69 Å². The zero-order valence-electron chi connectivity index (χ0n) is 10.4. The third-order valence-corrected chi connectivity index (χ3v) is 3.02. The predicted molar refractivity (Wildman–Crippen MR) is 75.7 cm³/mol. The topological polar surface area (TPSA) is 68.5 Å². The lowest BCUT2D eigenvalue weighted by atomic mass is 10.2. The Kier molecular flexibility index (Phi) is 3.56. The van der Waals surface area contributed by atoms with Crippen LogP contribution in [-0.2, 0) is 6.54 Å². The molecule has 0 amide bonds. The van der Waals surface area contributed by atoms with Gasteiger partial charge in [-0.25, -0.2) is 9.67 Å². The van der Waals surface area contributed by atoms with Gasteiger partial charge in [-0.3, -0.25) is 9.97 Å². The van der Waals surface area contributed by atoms with Crippen LogP contribution in [0.3, 0.4) is 0 Å². The lowest BCUT2D eigenvalue weighted by Gasteiger charge is -2.12. The van der Waals surface area contributed by atoms with Crippen LogP contribution in [0.25, 0.3) is 5.69 Å². The molecule has 2 heterocycles. The van der Waals surface area contributed by atoms with Crippen LogP contribution in [0.15, 0.2) is 49.4 Å².